The molecule has 0 amide bonds. The Morgan fingerprint density at radius 2 is 1.02 bits per heavy atom. The monoisotopic (exact) mass is 622 g/mol. The zero-order valence-corrected chi connectivity index (χ0v) is 24.5. The van der Waals surface area contributed by atoms with Gasteiger partial charge in [0.05, 0.1) is 23.7 Å². The summed E-state index contributed by atoms with van der Waals surface area (Å²) < 4.78 is 128. The van der Waals surface area contributed by atoms with Crippen LogP contribution in [-0.4, -0.2) is 12.6 Å². The van der Waals surface area contributed by atoms with Gasteiger partial charge >= 0.3 is 5.97 Å². The molecule has 1 fully saturated rings. The van der Waals surface area contributed by atoms with Gasteiger partial charge in [0.1, 0.15) is 0 Å². The smallest absolute Gasteiger partial charge is 0.314 e. The molecule has 0 saturated heterocycles. The fourth-order valence-electron chi connectivity index (χ4n) is 5.49. The standard InChI is InChI=1S/C32H38F8O3/c1-3-5-7-8-9-11-17-42-30-26(37)22(33)20(23(34)27(30)38)21-24(35)28(39)31(29(40)25(21)36)43-32(41)19-15-13-18(14-16-19)12-10-6-4-2/h18-19H,3-17H2,1-2H3/t18-,19-. The molecule has 2 aromatic carbocycles. The lowest BCUT2D eigenvalue weighted by Crippen LogP contribution is -2.26. The predicted molar refractivity (Wildman–Crippen MR) is 146 cm³/mol. The van der Waals surface area contributed by atoms with Crippen LogP contribution in [0.4, 0.5) is 35.1 Å². The van der Waals surface area contributed by atoms with E-state index in [1.807, 2.05) is 6.92 Å². The number of benzene rings is 2. The zero-order chi connectivity index (χ0) is 31.7. The molecule has 0 N–H and O–H groups in total. The maximum atomic E-state index is 15.0. The molecule has 3 nitrogen and oxygen atoms in total. The molecule has 1 aliphatic rings. The first-order valence-electron chi connectivity index (χ1n) is 15.1. The van der Waals surface area contributed by atoms with Crippen LogP contribution < -0.4 is 9.47 Å². The second-order valence-corrected chi connectivity index (χ2v) is 11.2. The van der Waals surface area contributed by atoms with Gasteiger partial charge < -0.3 is 9.47 Å². The number of esters is 1. The molecule has 3 rings (SSSR count). The second kappa shape index (κ2) is 16.3. The van der Waals surface area contributed by atoms with Crippen molar-refractivity contribution >= 4 is 5.97 Å². The first-order chi connectivity index (χ1) is 20.5. The van der Waals surface area contributed by atoms with Gasteiger partial charge in [-0.3, -0.25) is 4.79 Å². The van der Waals surface area contributed by atoms with Crippen molar-refractivity contribution in [3.63, 3.8) is 0 Å². The minimum Gasteiger partial charge on any atom is -0.487 e. The lowest BCUT2D eigenvalue weighted by Gasteiger charge is -2.27. The fraction of sp³-hybridized carbons (Fsp3) is 0.594. The van der Waals surface area contributed by atoms with Crippen LogP contribution in [0.25, 0.3) is 11.1 Å². The molecule has 43 heavy (non-hydrogen) atoms. The van der Waals surface area contributed by atoms with Crippen LogP contribution in [0.5, 0.6) is 11.5 Å². The lowest BCUT2D eigenvalue weighted by atomic mass is 9.80. The van der Waals surface area contributed by atoms with E-state index in [1.54, 1.807) is 0 Å². The van der Waals surface area contributed by atoms with E-state index in [-0.39, 0.29) is 6.61 Å². The van der Waals surface area contributed by atoms with Crippen molar-refractivity contribution < 1.29 is 49.4 Å². The highest BCUT2D eigenvalue weighted by Gasteiger charge is 2.37. The van der Waals surface area contributed by atoms with Gasteiger partial charge in [-0.1, -0.05) is 71.6 Å². The lowest BCUT2D eigenvalue weighted by molar-refractivity contribution is -0.140. The number of hydrogen-bond donors (Lipinski definition) is 0. The third-order valence-corrected chi connectivity index (χ3v) is 8.04. The average Bonchev–Trinajstić information content (AvgIpc) is 3.00. The zero-order valence-electron chi connectivity index (χ0n) is 24.5. The number of hydrogen-bond acceptors (Lipinski definition) is 3. The van der Waals surface area contributed by atoms with Crippen LogP contribution in [0.2, 0.25) is 0 Å². The Kier molecular flexibility index (Phi) is 13.1. The summed E-state index contributed by atoms with van der Waals surface area (Å²) in [7, 11) is 0. The highest BCUT2D eigenvalue weighted by molar-refractivity contribution is 5.76. The van der Waals surface area contributed by atoms with E-state index in [0.29, 0.717) is 44.4 Å². The number of unbranched alkanes of at least 4 members (excludes halogenated alkanes) is 7. The van der Waals surface area contributed by atoms with Crippen molar-refractivity contribution in [2.45, 2.75) is 104 Å². The molecular formula is C32H38F8O3. The Labute approximate surface area is 246 Å². The van der Waals surface area contributed by atoms with Crippen LogP contribution in [0.1, 0.15) is 104 Å². The molecule has 0 bridgehead atoms. The number of halogens is 8. The minimum atomic E-state index is -2.39. The molecule has 0 aromatic heterocycles. The van der Waals surface area contributed by atoms with Crippen LogP contribution in [0.15, 0.2) is 0 Å². The van der Waals surface area contributed by atoms with Gasteiger partial charge in [-0.15, -0.1) is 0 Å². The average molecular weight is 623 g/mol. The molecule has 0 unspecified atom stereocenters. The number of ether oxygens (including phenoxy) is 2. The molecule has 2 aromatic rings. The van der Waals surface area contributed by atoms with Crippen molar-refractivity contribution in [2.75, 3.05) is 6.61 Å². The molecule has 0 spiro atoms. The summed E-state index contributed by atoms with van der Waals surface area (Å²) in [5, 5.41) is 0. The fourth-order valence-corrected chi connectivity index (χ4v) is 5.49. The molecule has 1 aliphatic carbocycles. The van der Waals surface area contributed by atoms with Crippen molar-refractivity contribution in [1.82, 2.24) is 0 Å². The highest BCUT2D eigenvalue weighted by atomic mass is 19.2. The number of rotatable bonds is 15. The van der Waals surface area contributed by atoms with Crippen molar-refractivity contribution in [3.05, 3.63) is 46.5 Å². The molecule has 0 heterocycles. The first-order valence-corrected chi connectivity index (χ1v) is 15.1. The van der Waals surface area contributed by atoms with Gasteiger partial charge in [-0.2, -0.15) is 17.6 Å². The van der Waals surface area contributed by atoms with Gasteiger partial charge in [0.2, 0.25) is 29.0 Å². The highest BCUT2D eigenvalue weighted by Crippen LogP contribution is 2.42. The second-order valence-electron chi connectivity index (χ2n) is 11.2. The topological polar surface area (TPSA) is 35.5 Å². The molecule has 11 heteroatoms. The summed E-state index contributed by atoms with van der Waals surface area (Å²) >= 11 is 0. The molecule has 0 aliphatic heterocycles. The van der Waals surface area contributed by atoms with Gasteiger partial charge in [0.15, 0.2) is 29.0 Å². The largest absolute Gasteiger partial charge is 0.487 e. The molecular weight excluding hydrogens is 584 g/mol. The minimum absolute atomic E-state index is 0.301. The van der Waals surface area contributed by atoms with Gasteiger partial charge in [0.25, 0.3) is 0 Å². The SMILES string of the molecule is CCCCCCCCOc1c(F)c(F)c(-c2c(F)c(F)c(OC(=O)[C@H]3CC[C@H](CCCCC)CC3)c(F)c2F)c(F)c1F. The van der Waals surface area contributed by atoms with Gasteiger partial charge in [0, 0.05) is 0 Å². The van der Waals surface area contributed by atoms with Crippen LogP contribution in [-0.2, 0) is 4.79 Å². The Morgan fingerprint density at radius 3 is 1.53 bits per heavy atom. The number of carbonyl (C=O) groups is 1. The summed E-state index contributed by atoms with van der Waals surface area (Å²) in [5.74, 6) is -22.9. The molecule has 1 saturated carbocycles. The summed E-state index contributed by atoms with van der Waals surface area (Å²) in [4.78, 5) is 12.6. The van der Waals surface area contributed by atoms with Crippen molar-refractivity contribution in [1.29, 1.82) is 0 Å². The predicted octanol–water partition coefficient (Wildman–Crippen LogP) is 10.5. The Hall–Kier alpha value is -2.85. The van der Waals surface area contributed by atoms with Gasteiger partial charge in [-0.25, -0.2) is 17.6 Å². The Bertz CT molecular complexity index is 1200. The molecule has 0 atom stereocenters. The van der Waals surface area contributed by atoms with E-state index in [4.69, 9.17) is 4.74 Å². The summed E-state index contributed by atoms with van der Waals surface area (Å²) in [6, 6.07) is 0. The van der Waals surface area contributed by atoms with E-state index >= 15 is 0 Å². The Morgan fingerprint density at radius 1 is 0.581 bits per heavy atom. The van der Waals surface area contributed by atoms with E-state index < -0.39 is 81.1 Å². The number of carbonyl (C=O) groups excluding carboxylic acids is 1. The first kappa shape index (κ1) is 34.6. The third-order valence-electron chi connectivity index (χ3n) is 8.04. The van der Waals surface area contributed by atoms with Crippen LogP contribution >= 0.6 is 0 Å². The van der Waals surface area contributed by atoms with E-state index in [0.717, 1.165) is 51.4 Å². The summed E-state index contributed by atoms with van der Waals surface area (Å²) in [5.41, 5.74) is -4.04. The van der Waals surface area contributed by atoms with E-state index in [1.165, 1.54) is 0 Å². The van der Waals surface area contributed by atoms with Crippen LogP contribution in [0, 0.1) is 58.4 Å². The summed E-state index contributed by atoms with van der Waals surface area (Å²) in [6.45, 7) is 3.80. The maximum absolute atomic E-state index is 15.0. The summed E-state index contributed by atoms with van der Waals surface area (Å²) in [6.07, 6.45) is 10.9. The van der Waals surface area contributed by atoms with Gasteiger partial charge in [-0.05, 0) is 38.0 Å². The quantitative estimate of drug-likeness (QED) is 0.0652. The normalized spacial score (nSPS) is 16.9. The van der Waals surface area contributed by atoms with Crippen LogP contribution in [0.3, 0.4) is 0 Å². The molecule has 0 radical (unpaired) electrons. The maximum Gasteiger partial charge on any atom is 0.314 e. The van der Waals surface area contributed by atoms with Crippen molar-refractivity contribution in [3.8, 4) is 22.6 Å². The van der Waals surface area contributed by atoms with E-state index in [9.17, 15) is 39.9 Å². The van der Waals surface area contributed by atoms with E-state index in [2.05, 4.69) is 11.7 Å². The molecule has 240 valence electrons. The third kappa shape index (κ3) is 8.20. The Balaban J connectivity index is 1.80. The van der Waals surface area contributed by atoms with Crippen molar-refractivity contribution in [2.24, 2.45) is 11.8 Å².